The Bertz CT molecular complexity index is 632. The lowest BCUT2D eigenvalue weighted by atomic mass is 9.72. The van der Waals surface area contributed by atoms with Crippen molar-refractivity contribution in [3.05, 3.63) is 47.0 Å². The number of hydrogen-bond acceptors (Lipinski definition) is 2. The molecule has 120 valence electrons. The SMILES string of the molecule is CC(C)(C)C1=C(C(C)(C)C)[C@H]2[C@H](c3ccccc3)O[C@@H]1S2=O. The summed E-state index contributed by atoms with van der Waals surface area (Å²) in [6, 6.07) is 10.2. The summed E-state index contributed by atoms with van der Waals surface area (Å²) in [6.07, 6.45) is -0.0765. The minimum atomic E-state index is -0.981. The van der Waals surface area contributed by atoms with E-state index in [1.807, 2.05) is 18.2 Å². The average molecular weight is 318 g/mol. The van der Waals surface area contributed by atoms with E-state index in [2.05, 4.69) is 53.7 Å². The molecule has 0 aliphatic carbocycles. The summed E-state index contributed by atoms with van der Waals surface area (Å²) in [5.41, 5.74) is 3.50. The summed E-state index contributed by atoms with van der Waals surface area (Å²) in [5, 5.41) is -0.0124. The van der Waals surface area contributed by atoms with Crippen LogP contribution in [0.5, 0.6) is 0 Å². The first-order valence-corrected chi connectivity index (χ1v) is 9.25. The predicted octanol–water partition coefficient (Wildman–Crippen LogP) is 4.60. The standard InChI is InChI=1S/C19H26O2S/c1-18(2,3)13-14(19(4,5)6)17-21-15(16(13)22(17)20)12-10-8-7-9-11-12/h7-11,15-17H,1-6H3/t15-,16-,17+,22?/m0/s1. The molecule has 2 heterocycles. The lowest BCUT2D eigenvalue weighted by Gasteiger charge is -2.37. The van der Waals surface area contributed by atoms with Gasteiger partial charge in [-0.3, -0.25) is 4.21 Å². The number of benzene rings is 1. The fourth-order valence-electron chi connectivity index (χ4n) is 3.73. The molecule has 3 rings (SSSR count). The molecule has 2 aliphatic rings. The second-order valence-corrected chi connectivity index (χ2v) is 9.97. The molecule has 1 aromatic carbocycles. The van der Waals surface area contributed by atoms with Gasteiger partial charge in [0, 0.05) is 0 Å². The van der Waals surface area contributed by atoms with Gasteiger partial charge in [0.2, 0.25) is 0 Å². The highest BCUT2D eigenvalue weighted by atomic mass is 32.2. The van der Waals surface area contributed by atoms with Crippen molar-refractivity contribution in [1.82, 2.24) is 0 Å². The van der Waals surface area contributed by atoms with E-state index in [9.17, 15) is 4.21 Å². The molecule has 2 aliphatic heterocycles. The Hall–Kier alpha value is -0.930. The molecular formula is C19H26O2S. The van der Waals surface area contributed by atoms with Crippen LogP contribution in [0, 0.1) is 10.8 Å². The molecule has 2 bridgehead atoms. The first kappa shape index (κ1) is 15.9. The lowest BCUT2D eigenvalue weighted by molar-refractivity contribution is 0.0472. The lowest BCUT2D eigenvalue weighted by Crippen LogP contribution is -2.32. The van der Waals surface area contributed by atoms with Gasteiger partial charge in [-0.05, 0) is 27.5 Å². The van der Waals surface area contributed by atoms with Gasteiger partial charge in [0.15, 0.2) is 5.44 Å². The summed E-state index contributed by atoms with van der Waals surface area (Å²) < 4.78 is 19.3. The Kier molecular flexibility index (Phi) is 3.65. The van der Waals surface area contributed by atoms with Crippen molar-refractivity contribution in [2.24, 2.45) is 10.8 Å². The minimum Gasteiger partial charge on any atom is -0.351 e. The molecule has 3 heteroatoms. The Morgan fingerprint density at radius 1 is 0.909 bits per heavy atom. The summed E-state index contributed by atoms with van der Waals surface area (Å²) >= 11 is 0. The van der Waals surface area contributed by atoms with Crippen LogP contribution >= 0.6 is 0 Å². The number of rotatable bonds is 1. The van der Waals surface area contributed by atoms with Crippen LogP contribution in [-0.2, 0) is 15.5 Å². The van der Waals surface area contributed by atoms with Crippen LogP contribution in [0.1, 0.15) is 53.2 Å². The van der Waals surface area contributed by atoms with Crippen molar-refractivity contribution >= 4 is 10.8 Å². The van der Waals surface area contributed by atoms with Crippen molar-refractivity contribution in [3.8, 4) is 0 Å². The third-order valence-electron chi connectivity index (χ3n) is 4.56. The van der Waals surface area contributed by atoms with Gasteiger partial charge in [0.25, 0.3) is 0 Å². The molecule has 4 atom stereocenters. The van der Waals surface area contributed by atoms with Crippen LogP contribution in [0.4, 0.5) is 0 Å². The highest BCUT2D eigenvalue weighted by molar-refractivity contribution is 7.87. The first-order chi connectivity index (χ1) is 10.1. The van der Waals surface area contributed by atoms with Crippen molar-refractivity contribution in [1.29, 1.82) is 0 Å². The monoisotopic (exact) mass is 318 g/mol. The Balaban J connectivity index is 2.14. The van der Waals surface area contributed by atoms with Crippen molar-refractivity contribution in [2.45, 2.75) is 58.3 Å². The molecule has 0 saturated carbocycles. The summed E-state index contributed by atoms with van der Waals surface area (Å²) in [6.45, 7) is 13.3. The molecule has 1 unspecified atom stereocenters. The molecule has 1 aromatic rings. The quantitative estimate of drug-likeness (QED) is 0.707. The third kappa shape index (κ3) is 2.39. The highest BCUT2D eigenvalue weighted by Gasteiger charge is 2.57. The van der Waals surface area contributed by atoms with Crippen LogP contribution in [-0.4, -0.2) is 14.9 Å². The number of hydrogen-bond donors (Lipinski definition) is 0. The zero-order chi connectivity index (χ0) is 16.3. The molecule has 0 amide bonds. The van der Waals surface area contributed by atoms with Crippen molar-refractivity contribution in [3.63, 3.8) is 0 Å². The van der Waals surface area contributed by atoms with Gasteiger partial charge in [-0.1, -0.05) is 71.9 Å². The predicted molar refractivity (Wildman–Crippen MR) is 91.9 cm³/mol. The van der Waals surface area contributed by atoms with Crippen LogP contribution < -0.4 is 0 Å². The van der Waals surface area contributed by atoms with E-state index in [0.717, 1.165) is 5.56 Å². The van der Waals surface area contributed by atoms with Gasteiger partial charge in [-0.2, -0.15) is 0 Å². The van der Waals surface area contributed by atoms with E-state index in [1.165, 1.54) is 11.1 Å². The smallest absolute Gasteiger partial charge is 0.155 e. The maximum Gasteiger partial charge on any atom is 0.155 e. The van der Waals surface area contributed by atoms with E-state index >= 15 is 0 Å². The molecule has 1 saturated heterocycles. The molecule has 1 fully saturated rings. The molecule has 0 spiro atoms. The third-order valence-corrected chi connectivity index (χ3v) is 6.31. The molecular weight excluding hydrogens is 292 g/mol. The van der Waals surface area contributed by atoms with Crippen LogP contribution in [0.2, 0.25) is 0 Å². The van der Waals surface area contributed by atoms with Gasteiger partial charge < -0.3 is 4.74 Å². The van der Waals surface area contributed by atoms with E-state index in [4.69, 9.17) is 4.74 Å². The second kappa shape index (κ2) is 5.04. The Labute approximate surface area is 136 Å². The van der Waals surface area contributed by atoms with Crippen LogP contribution in [0.25, 0.3) is 0 Å². The van der Waals surface area contributed by atoms with Gasteiger partial charge in [-0.25, -0.2) is 0 Å². The van der Waals surface area contributed by atoms with Crippen molar-refractivity contribution < 1.29 is 8.95 Å². The van der Waals surface area contributed by atoms with Gasteiger partial charge in [0.1, 0.15) is 6.10 Å². The number of ether oxygens (including phenoxy) is 1. The first-order valence-electron chi connectivity index (χ1n) is 7.97. The zero-order valence-electron chi connectivity index (χ0n) is 14.3. The zero-order valence-corrected chi connectivity index (χ0v) is 15.2. The summed E-state index contributed by atoms with van der Waals surface area (Å²) in [5.74, 6) is 0. The Morgan fingerprint density at radius 3 is 1.95 bits per heavy atom. The maximum absolute atomic E-state index is 13.0. The van der Waals surface area contributed by atoms with Crippen LogP contribution in [0.3, 0.4) is 0 Å². The molecule has 22 heavy (non-hydrogen) atoms. The minimum absolute atomic E-state index is 0.00843. The summed E-state index contributed by atoms with van der Waals surface area (Å²) in [7, 11) is -0.981. The van der Waals surface area contributed by atoms with Crippen molar-refractivity contribution in [2.75, 3.05) is 0 Å². The van der Waals surface area contributed by atoms with E-state index in [-0.39, 0.29) is 27.6 Å². The maximum atomic E-state index is 13.0. The Morgan fingerprint density at radius 2 is 1.45 bits per heavy atom. The average Bonchev–Trinajstić information content (AvgIpc) is 2.89. The molecule has 0 radical (unpaired) electrons. The fraction of sp³-hybridized carbons (Fsp3) is 0.579. The van der Waals surface area contributed by atoms with Gasteiger partial charge >= 0.3 is 0 Å². The van der Waals surface area contributed by atoms with E-state index in [1.54, 1.807) is 0 Å². The van der Waals surface area contributed by atoms with Gasteiger partial charge in [-0.15, -0.1) is 0 Å². The summed E-state index contributed by atoms with van der Waals surface area (Å²) in [4.78, 5) is 0. The van der Waals surface area contributed by atoms with E-state index < -0.39 is 10.8 Å². The fourth-order valence-corrected chi connectivity index (χ4v) is 6.12. The van der Waals surface area contributed by atoms with Crippen LogP contribution in [0.15, 0.2) is 41.5 Å². The molecule has 2 nitrogen and oxygen atoms in total. The molecule has 0 aromatic heterocycles. The normalized spacial score (nSPS) is 31.9. The van der Waals surface area contributed by atoms with E-state index in [0.29, 0.717) is 0 Å². The number of fused-ring (bicyclic) bond motifs is 2. The highest BCUT2D eigenvalue weighted by Crippen LogP contribution is 2.56. The topological polar surface area (TPSA) is 26.3 Å². The van der Waals surface area contributed by atoms with Gasteiger partial charge in [0.05, 0.1) is 16.0 Å². The molecule has 0 N–H and O–H groups in total. The second-order valence-electron chi connectivity index (χ2n) is 8.38. The largest absolute Gasteiger partial charge is 0.351 e.